The van der Waals surface area contributed by atoms with Gasteiger partial charge in [0, 0.05) is 5.69 Å². The smallest absolute Gasteiger partial charge is 0.406 e. The van der Waals surface area contributed by atoms with Gasteiger partial charge in [0.15, 0.2) is 5.69 Å². The van der Waals surface area contributed by atoms with Gasteiger partial charge >= 0.3 is 6.36 Å². The van der Waals surface area contributed by atoms with Gasteiger partial charge in [0.05, 0.1) is 0 Å². The Morgan fingerprint density at radius 1 is 1.24 bits per heavy atom. The lowest BCUT2D eigenvalue weighted by Gasteiger charge is -2.09. The first-order valence-electron chi connectivity index (χ1n) is 5.33. The van der Waals surface area contributed by atoms with Crippen molar-refractivity contribution in [2.24, 2.45) is 0 Å². The summed E-state index contributed by atoms with van der Waals surface area (Å²) >= 11 is 11.3. The van der Waals surface area contributed by atoms with Crippen molar-refractivity contribution in [2.75, 3.05) is 5.32 Å². The van der Waals surface area contributed by atoms with Gasteiger partial charge in [-0.1, -0.05) is 23.2 Å². The fourth-order valence-corrected chi connectivity index (χ4v) is 1.69. The van der Waals surface area contributed by atoms with E-state index >= 15 is 0 Å². The lowest BCUT2D eigenvalue weighted by molar-refractivity contribution is -0.274. The molecule has 0 spiro atoms. The van der Waals surface area contributed by atoms with E-state index in [0.29, 0.717) is 0 Å². The average Bonchev–Trinajstić information content (AvgIpc) is 2.71. The van der Waals surface area contributed by atoms with Crippen molar-refractivity contribution in [2.45, 2.75) is 6.36 Å². The monoisotopic (exact) mass is 339 g/mol. The van der Waals surface area contributed by atoms with Crippen LogP contribution in [0.4, 0.5) is 18.9 Å². The molecule has 0 radical (unpaired) electrons. The maximum absolute atomic E-state index is 12.0. The van der Waals surface area contributed by atoms with Crippen LogP contribution in [0.1, 0.15) is 10.5 Å². The summed E-state index contributed by atoms with van der Waals surface area (Å²) in [5.74, 6) is -1.06. The standard InChI is InChI=1S/C11H6Cl2F3N3O2/c12-7-8(18-19-9(7)13)10(20)17-5-1-3-6(4-2-5)21-11(14,15)16/h1-4H,(H,17,20)(H,18,19). The number of hydrogen-bond donors (Lipinski definition) is 2. The molecule has 2 aromatic rings. The number of aromatic nitrogens is 2. The van der Waals surface area contributed by atoms with Gasteiger partial charge in [-0.3, -0.25) is 9.89 Å². The first-order valence-corrected chi connectivity index (χ1v) is 6.08. The molecule has 2 rings (SSSR count). The van der Waals surface area contributed by atoms with Crippen molar-refractivity contribution in [3.8, 4) is 5.75 Å². The van der Waals surface area contributed by atoms with Gasteiger partial charge in [0.25, 0.3) is 5.91 Å². The molecule has 0 saturated carbocycles. The number of H-pyrrole nitrogens is 1. The van der Waals surface area contributed by atoms with Gasteiger partial charge in [0.2, 0.25) is 0 Å². The average molecular weight is 340 g/mol. The molecular formula is C11H6Cl2F3N3O2. The molecule has 0 bridgehead atoms. The topological polar surface area (TPSA) is 67.0 Å². The Kier molecular flexibility index (Phi) is 4.29. The third kappa shape index (κ3) is 4.02. The zero-order valence-electron chi connectivity index (χ0n) is 9.96. The third-order valence-electron chi connectivity index (χ3n) is 2.23. The molecule has 0 atom stereocenters. The summed E-state index contributed by atoms with van der Waals surface area (Å²) in [6.07, 6.45) is -4.77. The van der Waals surface area contributed by atoms with Crippen LogP contribution in [-0.4, -0.2) is 22.5 Å². The fraction of sp³-hybridized carbons (Fsp3) is 0.0909. The first kappa shape index (κ1) is 15.5. The van der Waals surface area contributed by atoms with Gasteiger partial charge in [-0.2, -0.15) is 5.10 Å². The predicted molar refractivity (Wildman–Crippen MR) is 69.7 cm³/mol. The zero-order valence-corrected chi connectivity index (χ0v) is 11.5. The molecular weight excluding hydrogens is 334 g/mol. The molecule has 2 N–H and O–H groups in total. The lowest BCUT2D eigenvalue weighted by atomic mass is 10.3. The minimum absolute atomic E-state index is 0.00995. The molecule has 1 amide bonds. The van der Waals surface area contributed by atoms with Crippen LogP contribution in [0.3, 0.4) is 0 Å². The van der Waals surface area contributed by atoms with Crippen molar-refractivity contribution in [3.05, 3.63) is 40.1 Å². The number of nitrogens with zero attached hydrogens (tertiary/aromatic N) is 1. The van der Waals surface area contributed by atoms with E-state index in [2.05, 4.69) is 20.3 Å². The second kappa shape index (κ2) is 5.82. The summed E-state index contributed by atoms with van der Waals surface area (Å²) < 4.78 is 39.7. The molecule has 112 valence electrons. The summed E-state index contributed by atoms with van der Waals surface area (Å²) in [7, 11) is 0. The summed E-state index contributed by atoms with van der Waals surface area (Å²) in [6.45, 7) is 0. The molecule has 21 heavy (non-hydrogen) atoms. The van der Waals surface area contributed by atoms with E-state index in [-0.39, 0.29) is 21.6 Å². The lowest BCUT2D eigenvalue weighted by Crippen LogP contribution is -2.17. The minimum atomic E-state index is -4.77. The maximum Gasteiger partial charge on any atom is 0.573 e. The Balaban J connectivity index is 2.07. The van der Waals surface area contributed by atoms with Crippen LogP contribution in [0.5, 0.6) is 5.75 Å². The molecule has 0 aliphatic carbocycles. The minimum Gasteiger partial charge on any atom is -0.406 e. The highest BCUT2D eigenvalue weighted by Gasteiger charge is 2.31. The number of anilines is 1. The Morgan fingerprint density at radius 3 is 2.33 bits per heavy atom. The van der Waals surface area contributed by atoms with Crippen molar-refractivity contribution < 1.29 is 22.7 Å². The maximum atomic E-state index is 12.0. The van der Waals surface area contributed by atoms with Crippen molar-refractivity contribution in [1.29, 1.82) is 0 Å². The second-order valence-corrected chi connectivity index (χ2v) is 4.48. The van der Waals surface area contributed by atoms with Crippen LogP contribution in [0.25, 0.3) is 0 Å². The van der Waals surface area contributed by atoms with E-state index in [4.69, 9.17) is 23.2 Å². The molecule has 0 saturated heterocycles. The van der Waals surface area contributed by atoms with Gasteiger partial charge in [-0.25, -0.2) is 0 Å². The molecule has 1 aromatic carbocycles. The third-order valence-corrected chi connectivity index (χ3v) is 2.97. The summed E-state index contributed by atoms with van der Waals surface area (Å²) in [4.78, 5) is 11.8. The number of amides is 1. The van der Waals surface area contributed by atoms with Crippen LogP contribution < -0.4 is 10.1 Å². The molecule has 0 unspecified atom stereocenters. The molecule has 0 fully saturated rings. The van der Waals surface area contributed by atoms with Crippen LogP contribution in [0.15, 0.2) is 24.3 Å². The first-order chi connectivity index (χ1) is 9.76. The SMILES string of the molecule is O=C(Nc1ccc(OC(F)(F)F)cc1)c1n[nH]c(Cl)c1Cl. The quantitative estimate of drug-likeness (QED) is 0.891. The number of nitrogens with one attached hydrogen (secondary N) is 2. The van der Waals surface area contributed by atoms with E-state index in [0.717, 1.165) is 12.1 Å². The van der Waals surface area contributed by atoms with Crippen molar-refractivity contribution in [1.82, 2.24) is 10.2 Å². The predicted octanol–water partition coefficient (Wildman–Crippen LogP) is 3.87. The Morgan fingerprint density at radius 2 is 1.86 bits per heavy atom. The van der Waals surface area contributed by atoms with Gasteiger partial charge in [-0.05, 0) is 24.3 Å². The van der Waals surface area contributed by atoms with Crippen molar-refractivity contribution in [3.63, 3.8) is 0 Å². The van der Waals surface area contributed by atoms with Crippen LogP contribution in [0, 0.1) is 0 Å². The summed E-state index contributed by atoms with van der Waals surface area (Å²) in [6, 6.07) is 4.59. The molecule has 10 heteroatoms. The van der Waals surface area contributed by atoms with Crippen molar-refractivity contribution >= 4 is 34.8 Å². The number of halogens is 5. The molecule has 5 nitrogen and oxygen atoms in total. The molecule has 0 aliphatic rings. The Labute approximate surface area is 126 Å². The largest absolute Gasteiger partial charge is 0.573 e. The Bertz CT molecular complexity index is 656. The number of alkyl halides is 3. The van der Waals surface area contributed by atoms with Crippen LogP contribution in [-0.2, 0) is 0 Å². The molecule has 1 aromatic heterocycles. The highest BCUT2D eigenvalue weighted by Crippen LogP contribution is 2.25. The van der Waals surface area contributed by atoms with Gasteiger partial charge in [0.1, 0.15) is 15.9 Å². The number of benzene rings is 1. The number of rotatable bonds is 3. The van der Waals surface area contributed by atoms with Crippen LogP contribution >= 0.6 is 23.2 Å². The summed E-state index contributed by atoms with van der Waals surface area (Å²) in [5.41, 5.74) is 0.113. The van der Waals surface area contributed by atoms with E-state index in [1.54, 1.807) is 0 Å². The van der Waals surface area contributed by atoms with E-state index in [1.807, 2.05) is 0 Å². The number of carbonyl (C=O) groups is 1. The Hall–Kier alpha value is -1.93. The highest BCUT2D eigenvalue weighted by atomic mass is 35.5. The van der Waals surface area contributed by atoms with Gasteiger partial charge < -0.3 is 10.1 Å². The summed E-state index contributed by atoms with van der Waals surface area (Å²) in [5, 5.41) is 8.28. The number of aromatic amines is 1. The zero-order chi connectivity index (χ0) is 15.6. The molecule has 0 aliphatic heterocycles. The molecule has 1 heterocycles. The van der Waals surface area contributed by atoms with Crippen LogP contribution in [0.2, 0.25) is 10.2 Å². The fourth-order valence-electron chi connectivity index (χ4n) is 1.39. The number of carbonyl (C=O) groups excluding carboxylic acids is 1. The normalized spacial score (nSPS) is 11.3. The second-order valence-electron chi connectivity index (χ2n) is 3.73. The van der Waals surface area contributed by atoms with E-state index in [9.17, 15) is 18.0 Å². The highest BCUT2D eigenvalue weighted by molar-refractivity contribution is 6.43. The van der Waals surface area contributed by atoms with E-state index < -0.39 is 18.0 Å². The number of hydrogen-bond acceptors (Lipinski definition) is 3. The van der Waals surface area contributed by atoms with E-state index in [1.165, 1.54) is 12.1 Å². The number of ether oxygens (including phenoxy) is 1. The van der Waals surface area contributed by atoms with Gasteiger partial charge in [-0.15, -0.1) is 13.2 Å².